The Balaban J connectivity index is 1.93. The standard InChI is InChI=1S/C17H21N5O2/c1-3-4-11-18-16-10-9-15(21-22-16)17(24)20-14-7-5-13(6-8-14)19-12(2)23/h5-10H,3-4,11H2,1-2H3,(H,18,22)(H,19,23)(H,20,24). The number of anilines is 3. The van der Waals surface area contributed by atoms with E-state index in [0.29, 0.717) is 17.2 Å². The first-order valence-electron chi connectivity index (χ1n) is 7.85. The fourth-order valence-corrected chi connectivity index (χ4v) is 1.98. The molecule has 0 atom stereocenters. The SMILES string of the molecule is CCCCNc1ccc(C(=O)Nc2ccc(NC(C)=O)cc2)nn1. The number of nitrogens with one attached hydrogen (secondary N) is 3. The zero-order chi connectivity index (χ0) is 17.4. The molecular formula is C17H21N5O2. The molecule has 0 unspecified atom stereocenters. The van der Waals surface area contributed by atoms with Crippen molar-refractivity contribution in [1.29, 1.82) is 0 Å². The van der Waals surface area contributed by atoms with Crippen LogP contribution in [0.3, 0.4) is 0 Å². The van der Waals surface area contributed by atoms with Crippen molar-refractivity contribution in [2.24, 2.45) is 0 Å². The molecule has 2 rings (SSSR count). The molecule has 0 bridgehead atoms. The second-order valence-electron chi connectivity index (χ2n) is 5.30. The van der Waals surface area contributed by atoms with E-state index in [2.05, 4.69) is 33.1 Å². The van der Waals surface area contributed by atoms with Crippen molar-refractivity contribution in [2.45, 2.75) is 26.7 Å². The normalized spacial score (nSPS) is 10.1. The smallest absolute Gasteiger partial charge is 0.276 e. The summed E-state index contributed by atoms with van der Waals surface area (Å²) in [6.07, 6.45) is 2.15. The third kappa shape index (κ3) is 5.35. The molecule has 1 aromatic heterocycles. The number of rotatable bonds is 7. The largest absolute Gasteiger partial charge is 0.369 e. The van der Waals surface area contributed by atoms with Crippen molar-refractivity contribution in [3.63, 3.8) is 0 Å². The maximum atomic E-state index is 12.1. The minimum atomic E-state index is -0.338. The van der Waals surface area contributed by atoms with Crippen LogP contribution < -0.4 is 16.0 Å². The summed E-state index contributed by atoms with van der Waals surface area (Å²) < 4.78 is 0. The Morgan fingerprint density at radius 2 is 1.62 bits per heavy atom. The number of unbranched alkanes of at least 4 members (excludes halogenated alkanes) is 1. The van der Waals surface area contributed by atoms with Crippen LogP contribution in [0.4, 0.5) is 17.2 Å². The summed E-state index contributed by atoms with van der Waals surface area (Å²) in [6, 6.07) is 10.2. The van der Waals surface area contributed by atoms with Crippen molar-refractivity contribution < 1.29 is 9.59 Å². The van der Waals surface area contributed by atoms with E-state index in [0.717, 1.165) is 19.4 Å². The van der Waals surface area contributed by atoms with Crippen LogP contribution in [-0.4, -0.2) is 28.6 Å². The molecule has 3 N–H and O–H groups in total. The Kier molecular flexibility index (Phi) is 6.24. The first kappa shape index (κ1) is 17.4. The lowest BCUT2D eigenvalue weighted by Gasteiger charge is -2.07. The molecule has 1 heterocycles. The second-order valence-corrected chi connectivity index (χ2v) is 5.30. The quantitative estimate of drug-likeness (QED) is 0.680. The number of carbonyl (C=O) groups is 2. The summed E-state index contributed by atoms with van der Waals surface area (Å²) in [6.45, 7) is 4.38. The van der Waals surface area contributed by atoms with Gasteiger partial charge in [0.15, 0.2) is 5.69 Å². The summed E-state index contributed by atoms with van der Waals surface area (Å²) in [7, 11) is 0. The monoisotopic (exact) mass is 327 g/mol. The second kappa shape index (κ2) is 8.61. The van der Waals surface area contributed by atoms with E-state index in [1.54, 1.807) is 36.4 Å². The molecule has 1 aromatic carbocycles. The highest BCUT2D eigenvalue weighted by atomic mass is 16.2. The van der Waals surface area contributed by atoms with Gasteiger partial charge in [-0.3, -0.25) is 9.59 Å². The molecule has 0 radical (unpaired) electrons. The van der Waals surface area contributed by atoms with E-state index in [1.165, 1.54) is 6.92 Å². The minimum Gasteiger partial charge on any atom is -0.369 e. The first-order chi connectivity index (χ1) is 11.6. The molecule has 0 saturated carbocycles. The summed E-state index contributed by atoms with van der Waals surface area (Å²) >= 11 is 0. The van der Waals surface area contributed by atoms with Gasteiger partial charge < -0.3 is 16.0 Å². The number of amides is 2. The third-order valence-electron chi connectivity index (χ3n) is 3.20. The van der Waals surface area contributed by atoms with Gasteiger partial charge >= 0.3 is 0 Å². The van der Waals surface area contributed by atoms with Crippen LogP contribution in [0.15, 0.2) is 36.4 Å². The van der Waals surface area contributed by atoms with E-state index >= 15 is 0 Å². The first-order valence-corrected chi connectivity index (χ1v) is 7.85. The molecule has 2 amide bonds. The average molecular weight is 327 g/mol. The fraction of sp³-hybridized carbons (Fsp3) is 0.294. The molecule has 0 aliphatic rings. The van der Waals surface area contributed by atoms with Crippen molar-refractivity contribution >= 4 is 29.0 Å². The molecule has 0 spiro atoms. The lowest BCUT2D eigenvalue weighted by molar-refractivity contribution is -0.114. The van der Waals surface area contributed by atoms with Gasteiger partial charge in [0, 0.05) is 24.8 Å². The van der Waals surface area contributed by atoms with Gasteiger partial charge in [0.05, 0.1) is 0 Å². The van der Waals surface area contributed by atoms with Gasteiger partial charge in [-0.05, 0) is 42.8 Å². The molecule has 0 aliphatic heterocycles. The molecule has 2 aromatic rings. The van der Waals surface area contributed by atoms with Gasteiger partial charge in [0.2, 0.25) is 5.91 Å². The van der Waals surface area contributed by atoms with E-state index in [9.17, 15) is 9.59 Å². The van der Waals surface area contributed by atoms with Gasteiger partial charge in [-0.15, -0.1) is 10.2 Å². The predicted octanol–water partition coefficient (Wildman–Crippen LogP) is 2.90. The summed E-state index contributed by atoms with van der Waals surface area (Å²) in [5, 5.41) is 16.5. The maximum absolute atomic E-state index is 12.1. The fourth-order valence-electron chi connectivity index (χ4n) is 1.98. The highest BCUT2D eigenvalue weighted by molar-refractivity contribution is 6.03. The van der Waals surface area contributed by atoms with Gasteiger partial charge in [-0.1, -0.05) is 13.3 Å². The van der Waals surface area contributed by atoms with Crippen molar-refractivity contribution in [3.05, 3.63) is 42.1 Å². The number of aromatic nitrogens is 2. The topological polar surface area (TPSA) is 96.0 Å². The van der Waals surface area contributed by atoms with Crippen LogP contribution in [0, 0.1) is 0 Å². The molecule has 0 aliphatic carbocycles. The summed E-state index contributed by atoms with van der Waals surface area (Å²) in [4.78, 5) is 23.1. The zero-order valence-corrected chi connectivity index (χ0v) is 13.8. The van der Waals surface area contributed by atoms with Crippen LogP contribution in [0.1, 0.15) is 37.2 Å². The number of benzene rings is 1. The Labute approximate surface area is 140 Å². The Bertz CT molecular complexity index is 683. The molecular weight excluding hydrogens is 306 g/mol. The molecule has 0 saturated heterocycles. The number of carbonyl (C=O) groups excluding carboxylic acids is 2. The van der Waals surface area contributed by atoms with E-state index in [-0.39, 0.29) is 17.5 Å². The highest BCUT2D eigenvalue weighted by Gasteiger charge is 2.09. The van der Waals surface area contributed by atoms with Crippen molar-refractivity contribution in [1.82, 2.24) is 10.2 Å². The van der Waals surface area contributed by atoms with Crippen LogP contribution in [0.2, 0.25) is 0 Å². The van der Waals surface area contributed by atoms with Crippen molar-refractivity contribution in [2.75, 3.05) is 22.5 Å². The van der Waals surface area contributed by atoms with Crippen LogP contribution >= 0.6 is 0 Å². The lowest BCUT2D eigenvalue weighted by Crippen LogP contribution is -2.15. The average Bonchev–Trinajstić information content (AvgIpc) is 2.57. The number of nitrogens with zero attached hydrogens (tertiary/aromatic N) is 2. The van der Waals surface area contributed by atoms with Crippen LogP contribution in [-0.2, 0) is 4.79 Å². The third-order valence-corrected chi connectivity index (χ3v) is 3.20. The summed E-state index contributed by atoms with van der Waals surface area (Å²) in [5.41, 5.74) is 1.52. The summed E-state index contributed by atoms with van der Waals surface area (Å²) in [5.74, 6) is 0.171. The number of hydrogen-bond acceptors (Lipinski definition) is 5. The van der Waals surface area contributed by atoms with Crippen LogP contribution in [0.25, 0.3) is 0 Å². The molecule has 7 heteroatoms. The Hall–Kier alpha value is -2.96. The Morgan fingerprint density at radius 3 is 2.17 bits per heavy atom. The molecule has 7 nitrogen and oxygen atoms in total. The van der Waals surface area contributed by atoms with E-state index < -0.39 is 0 Å². The van der Waals surface area contributed by atoms with Gasteiger partial charge in [0.25, 0.3) is 5.91 Å². The van der Waals surface area contributed by atoms with Gasteiger partial charge in [-0.25, -0.2) is 0 Å². The molecule has 24 heavy (non-hydrogen) atoms. The van der Waals surface area contributed by atoms with Gasteiger partial charge in [-0.2, -0.15) is 0 Å². The predicted molar refractivity (Wildman–Crippen MR) is 94.1 cm³/mol. The minimum absolute atomic E-state index is 0.144. The maximum Gasteiger partial charge on any atom is 0.276 e. The molecule has 0 fully saturated rings. The lowest BCUT2D eigenvalue weighted by atomic mass is 10.2. The van der Waals surface area contributed by atoms with Crippen molar-refractivity contribution in [3.8, 4) is 0 Å². The van der Waals surface area contributed by atoms with E-state index in [4.69, 9.17) is 0 Å². The number of hydrogen-bond donors (Lipinski definition) is 3. The molecule has 126 valence electrons. The van der Waals surface area contributed by atoms with Gasteiger partial charge in [0.1, 0.15) is 5.82 Å². The Morgan fingerprint density at radius 1 is 0.958 bits per heavy atom. The highest BCUT2D eigenvalue weighted by Crippen LogP contribution is 2.14. The van der Waals surface area contributed by atoms with E-state index in [1.807, 2.05) is 0 Å². The van der Waals surface area contributed by atoms with Crippen LogP contribution in [0.5, 0.6) is 0 Å². The zero-order valence-electron chi connectivity index (χ0n) is 13.8.